The summed E-state index contributed by atoms with van der Waals surface area (Å²) >= 11 is 1.46. The van der Waals surface area contributed by atoms with Gasteiger partial charge in [-0.1, -0.05) is 13.0 Å². The first-order valence-electron chi connectivity index (χ1n) is 6.45. The minimum Gasteiger partial charge on any atom is -0.493 e. The Labute approximate surface area is 118 Å². The molecule has 2 aromatic rings. The molecule has 0 aliphatic heterocycles. The smallest absolute Gasteiger partial charge is 0.206 e. The Kier molecular flexibility index (Phi) is 4.38. The first kappa shape index (κ1) is 13.8. The Bertz CT molecular complexity index is 571. The quantitative estimate of drug-likeness (QED) is 0.756. The van der Waals surface area contributed by atoms with Crippen LogP contribution < -0.4 is 4.74 Å². The zero-order valence-corrected chi connectivity index (χ0v) is 12.3. The lowest BCUT2D eigenvalue weighted by Crippen LogP contribution is -2.06. The van der Waals surface area contributed by atoms with Crippen molar-refractivity contribution in [1.82, 2.24) is 0 Å². The average molecular weight is 274 g/mol. The van der Waals surface area contributed by atoms with Crippen molar-refractivity contribution in [2.75, 3.05) is 6.61 Å². The van der Waals surface area contributed by atoms with Crippen molar-refractivity contribution >= 4 is 17.1 Å². The van der Waals surface area contributed by atoms with E-state index in [9.17, 15) is 4.79 Å². The van der Waals surface area contributed by atoms with Crippen LogP contribution in [-0.2, 0) is 0 Å². The molecule has 1 aromatic carbocycles. The van der Waals surface area contributed by atoms with Gasteiger partial charge in [0.2, 0.25) is 5.78 Å². The molecule has 3 heteroatoms. The molecule has 0 unspecified atom stereocenters. The second-order valence-electron chi connectivity index (χ2n) is 4.59. The van der Waals surface area contributed by atoms with E-state index in [0.717, 1.165) is 22.4 Å². The van der Waals surface area contributed by atoms with Crippen LogP contribution in [0.2, 0.25) is 0 Å². The molecule has 0 spiro atoms. The molecular weight excluding hydrogens is 256 g/mol. The molecule has 0 bridgehead atoms. The Morgan fingerprint density at radius 3 is 2.63 bits per heavy atom. The summed E-state index contributed by atoms with van der Waals surface area (Å²) in [6.45, 7) is 6.74. The fraction of sp³-hybridized carbons (Fsp3) is 0.312. The van der Waals surface area contributed by atoms with Gasteiger partial charge in [-0.15, -0.1) is 11.3 Å². The lowest BCUT2D eigenvalue weighted by Gasteiger charge is -2.12. The van der Waals surface area contributed by atoms with Crippen LogP contribution in [0.4, 0.5) is 0 Å². The van der Waals surface area contributed by atoms with Crippen LogP contribution in [0.1, 0.15) is 39.7 Å². The van der Waals surface area contributed by atoms with Gasteiger partial charge >= 0.3 is 0 Å². The van der Waals surface area contributed by atoms with E-state index in [2.05, 4.69) is 6.92 Å². The van der Waals surface area contributed by atoms with Crippen LogP contribution in [0.3, 0.4) is 0 Å². The van der Waals surface area contributed by atoms with Crippen LogP contribution in [0.5, 0.6) is 5.75 Å². The van der Waals surface area contributed by atoms with Gasteiger partial charge in [0.25, 0.3) is 0 Å². The topological polar surface area (TPSA) is 26.3 Å². The fourth-order valence-electron chi connectivity index (χ4n) is 1.84. The van der Waals surface area contributed by atoms with Crippen LogP contribution in [0.25, 0.3) is 0 Å². The second-order valence-corrected chi connectivity index (χ2v) is 5.54. The molecule has 100 valence electrons. The molecule has 1 heterocycles. The van der Waals surface area contributed by atoms with E-state index >= 15 is 0 Å². The molecule has 0 atom stereocenters. The van der Waals surface area contributed by atoms with E-state index < -0.39 is 0 Å². The lowest BCUT2D eigenvalue weighted by molar-refractivity contribution is 0.103. The van der Waals surface area contributed by atoms with Crippen LogP contribution >= 0.6 is 11.3 Å². The third kappa shape index (κ3) is 3.04. The number of benzene rings is 1. The molecule has 0 fully saturated rings. The maximum atomic E-state index is 12.5. The van der Waals surface area contributed by atoms with E-state index in [0.29, 0.717) is 17.9 Å². The molecule has 0 amide bonds. The molecule has 2 rings (SSSR count). The van der Waals surface area contributed by atoms with Crippen LogP contribution in [0, 0.1) is 13.8 Å². The molecule has 0 saturated heterocycles. The first-order chi connectivity index (χ1) is 9.13. The molecule has 19 heavy (non-hydrogen) atoms. The summed E-state index contributed by atoms with van der Waals surface area (Å²) in [4.78, 5) is 13.2. The average Bonchev–Trinajstić information content (AvgIpc) is 2.92. The number of aryl methyl sites for hydroxylation is 2. The number of ketones is 1. The minimum absolute atomic E-state index is 0.0456. The molecule has 0 N–H and O–H groups in total. The highest BCUT2D eigenvalue weighted by molar-refractivity contribution is 7.12. The first-order valence-corrected chi connectivity index (χ1v) is 7.33. The number of hydrogen-bond acceptors (Lipinski definition) is 3. The number of carbonyl (C=O) groups excluding carboxylic acids is 1. The zero-order valence-electron chi connectivity index (χ0n) is 11.5. The molecule has 0 radical (unpaired) electrons. The molecular formula is C16H18O2S. The van der Waals surface area contributed by atoms with Gasteiger partial charge < -0.3 is 4.74 Å². The SMILES string of the molecule is CCCOc1cc(C)c(C)cc1C(=O)c1cccs1. The summed E-state index contributed by atoms with van der Waals surface area (Å²) in [6.07, 6.45) is 0.930. The molecule has 0 saturated carbocycles. The van der Waals surface area contributed by atoms with Crippen molar-refractivity contribution in [2.24, 2.45) is 0 Å². The second kappa shape index (κ2) is 6.02. The highest BCUT2D eigenvalue weighted by atomic mass is 32.1. The number of rotatable bonds is 5. The third-order valence-electron chi connectivity index (χ3n) is 3.05. The number of carbonyl (C=O) groups is 1. The van der Waals surface area contributed by atoms with Crippen LogP contribution in [0.15, 0.2) is 29.6 Å². The van der Waals surface area contributed by atoms with Gasteiger partial charge in [-0.3, -0.25) is 4.79 Å². The highest BCUT2D eigenvalue weighted by Crippen LogP contribution is 2.27. The standard InChI is InChI=1S/C16H18O2S/c1-4-7-18-14-10-12(3)11(2)9-13(14)16(17)15-6-5-8-19-15/h5-6,8-10H,4,7H2,1-3H3. The molecule has 2 nitrogen and oxygen atoms in total. The van der Waals surface area contributed by atoms with Gasteiger partial charge in [0.1, 0.15) is 5.75 Å². The Morgan fingerprint density at radius 1 is 1.26 bits per heavy atom. The fourth-order valence-corrected chi connectivity index (χ4v) is 2.52. The summed E-state index contributed by atoms with van der Waals surface area (Å²) in [7, 11) is 0. The summed E-state index contributed by atoms with van der Waals surface area (Å²) in [5.41, 5.74) is 2.93. The normalized spacial score (nSPS) is 10.5. The minimum atomic E-state index is 0.0456. The van der Waals surface area contributed by atoms with E-state index in [4.69, 9.17) is 4.74 Å². The summed E-state index contributed by atoms with van der Waals surface area (Å²) in [5.74, 6) is 0.743. The third-order valence-corrected chi connectivity index (χ3v) is 3.92. The van der Waals surface area contributed by atoms with Gasteiger partial charge in [0, 0.05) is 0 Å². The Balaban J connectivity index is 2.42. The van der Waals surface area contributed by atoms with Crippen molar-refractivity contribution in [2.45, 2.75) is 27.2 Å². The number of hydrogen-bond donors (Lipinski definition) is 0. The summed E-state index contributed by atoms with van der Waals surface area (Å²) < 4.78 is 5.73. The highest BCUT2D eigenvalue weighted by Gasteiger charge is 2.17. The largest absolute Gasteiger partial charge is 0.493 e. The summed E-state index contributed by atoms with van der Waals surface area (Å²) in [6, 6.07) is 7.64. The maximum Gasteiger partial charge on any atom is 0.206 e. The molecule has 1 aromatic heterocycles. The predicted molar refractivity (Wildman–Crippen MR) is 79.5 cm³/mol. The van der Waals surface area contributed by atoms with Crippen LogP contribution in [-0.4, -0.2) is 12.4 Å². The van der Waals surface area contributed by atoms with E-state index in [1.54, 1.807) is 0 Å². The van der Waals surface area contributed by atoms with Gasteiger partial charge in [-0.05, 0) is 55.0 Å². The zero-order chi connectivity index (χ0) is 13.8. The Hall–Kier alpha value is -1.61. The number of thiophene rings is 1. The van der Waals surface area contributed by atoms with Gasteiger partial charge in [-0.2, -0.15) is 0 Å². The van der Waals surface area contributed by atoms with E-state index in [1.165, 1.54) is 11.3 Å². The lowest BCUT2D eigenvalue weighted by atomic mass is 10.0. The predicted octanol–water partition coefficient (Wildman–Crippen LogP) is 4.38. The molecule has 0 aliphatic rings. The Morgan fingerprint density at radius 2 is 2.00 bits per heavy atom. The monoisotopic (exact) mass is 274 g/mol. The van der Waals surface area contributed by atoms with Gasteiger partial charge in [0.05, 0.1) is 17.0 Å². The van der Waals surface area contributed by atoms with Crippen molar-refractivity contribution in [3.8, 4) is 5.75 Å². The van der Waals surface area contributed by atoms with Crippen molar-refractivity contribution in [3.05, 3.63) is 51.2 Å². The van der Waals surface area contributed by atoms with Crippen molar-refractivity contribution in [1.29, 1.82) is 0 Å². The van der Waals surface area contributed by atoms with Gasteiger partial charge in [-0.25, -0.2) is 0 Å². The van der Waals surface area contributed by atoms with E-state index in [1.807, 2.05) is 43.5 Å². The maximum absolute atomic E-state index is 12.5. The summed E-state index contributed by atoms with van der Waals surface area (Å²) in [5, 5.41) is 1.92. The van der Waals surface area contributed by atoms with Crippen molar-refractivity contribution < 1.29 is 9.53 Å². The van der Waals surface area contributed by atoms with E-state index in [-0.39, 0.29) is 5.78 Å². The van der Waals surface area contributed by atoms with Crippen molar-refractivity contribution in [3.63, 3.8) is 0 Å². The number of ether oxygens (including phenoxy) is 1. The van der Waals surface area contributed by atoms with Gasteiger partial charge in [0.15, 0.2) is 0 Å². The molecule has 0 aliphatic carbocycles.